The molecule has 0 amide bonds. The number of cyclic esters (lactones) is 1. The Hall–Kier alpha value is -1.59. The van der Waals surface area contributed by atoms with Crippen molar-refractivity contribution in [3.63, 3.8) is 0 Å². The summed E-state index contributed by atoms with van der Waals surface area (Å²) in [7, 11) is 5.10. The van der Waals surface area contributed by atoms with E-state index in [2.05, 4.69) is 0 Å². The first kappa shape index (κ1) is 43.8. The van der Waals surface area contributed by atoms with Crippen LogP contribution in [0.25, 0.3) is 0 Å². The lowest BCUT2D eigenvalue weighted by Gasteiger charge is -2.48. The molecule has 3 rings (SSSR count). The highest BCUT2D eigenvalue weighted by Gasteiger charge is 2.53. The first-order valence-electron chi connectivity index (χ1n) is 18.4. The Morgan fingerprint density at radius 1 is 0.902 bits per heavy atom. The minimum absolute atomic E-state index is 0.00598. The lowest BCUT2D eigenvalue weighted by molar-refractivity contribution is -0.307. The van der Waals surface area contributed by atoms with Gasteiger partial charge in [0.25, 0.3) is 0 Å². The summed E-state index contributed by atoms with van der Waals surface area (Å²) in [6.07, 6.45) is -9.22. The van der Waals surface area contributed by atoms with Gasteiger partial charge in [-0.15, -0.1) is 0 Å². The number of esters is 1. The number of hydrogen-bond acceptors (Lipinski definition) is 14. The van der Waals surface area contributed by atoms with Crippen LogP contribution in [0, 0.1) is 23.7 Å². The third-order valence-corrected chi connectivity index (χ3v) is 11.6. The molecule has 3 aliphatic rings. The summed E-state index contributed by atoms with van der Waals surface area (Å²) in [5.41, 5.74) is -5.06. The predicted octanol–water partition coefficient (Wildman–Crippen LogP) is 1.99. The second-order valence-electron chi connectivity index (χ2n) is 16.2. The van der Waals surface area contributed by atoms with E-state index in [4.69, 9.17) is 28.4 Å². The van der Waals surface area contributed by atoms with Crippen LogP contribution in [0.1, 0.15) is 94.9 Å². The summed E-state index contributed by atoms with van der Waals surface area (Å²) in [4.78, 5) is 42.7. The molecule has 0 spiro atoms. The molecule has 0 aromatic carbocycles. The SMILES string of the molecule is CC[C@H]1OC(=O)[C@H](C)[C@@H](O[C@H]2C[C@@](C)(OC)C(=O)[C@H](C)O2)[C@H](C)[C@@H](O[C@@H]2O[C@H](C)C[C@H](N(C)C)[C@H]2O)[C@](C)(O)C[C@@H](C)C(=O)[C@H](C)[C@@H](O)[C@]1(C)O. The van der Waals surface area contributed by atoms with Gasteiger partial charge in [-0.05, 0) is 74.9 Å². The van der Waals surface area contributed by atoms with Gasteiger partial charge in [-0.25, -0.2) is 0 Å². The molecule has 3 heterocycles. The number of aliphatic hydroxyl groups is 4. The average molecular weight is 732 g/mol. The Bertz CT molecular complexity index is 1210. The summed E-state index contributed by atoms with van der Waals surface area (Å²) in [6.45, 7) is 16.0. The molecule has 0 bridgehead atoms. The highest BCUT2D eigenvalue weighted by atomic mass is 16.7. The molecule has 0 saturated carbocycles. The van der Waals surface area contributed by atoms with Gasteiger partial charge in [0.2, 0.25) is 0 Å². The van der Waals surface area contributed by atoms with Gasteiger partial charge in [0.15, 0.2) is 18.4 Å². The van der Waals surface area contributed by atoms with Gasteiger partial charge in [0.05, 0.1) is 35.9 Å². The van der Waals surface area contributed by atoms with E-state index in [0.717, 1.165) is 0 Å². The smallest absolute Gasteiger partial charge is 0.311 e. The summed E-state index contributed by atoms with van der Waals surface area (Å²) < 4.78 is 36.8. The lowest BCUT2D eigenvalue weighted by atomic mass is 9.74. The van der Waals surface area contributed by atoms with Crippen molar-refractivity contribution in [3.8, 4) is 0 Å². The molecule has 17 atom stereocenters. The Morgan fingerprint density at radius 3 is 2.06 bits per heavy atom. The molecule has 3 fully saturated rings. The number of ether oxygens (including phenoxy) is 6. The first-order valence-corrected chi connectivity index (χ1v) is 18.4. The van der Waals surface area contributed by atoms with Crippen molar-refractivity contribution in [2.24, 2.45) is 23.7 Å². The van der Waals surface area contributed by atoms with E-state index in [1.54, 1.807) is 41.5 Å². The minimum atomic E-state index is -2.00. The van der Waals surface area contributed by atoms with Gasteiger partial charge in [-0.3, -0.25) is 14.4 Å². The molecule has 0 unspecified atom stereocenters. The molecule has 0 aromatic heterocycles. The van der Waals surface area contributed by atoms with Gasteiger partial charge in [-0.1, -0.05) is 27.7 Å². The predicted molar refractivity (Wildman–Crippen MR) is 185 cm³/mol. The third kappa shape index (κ3) is 9.38. The van der Waals surface area contributed by atoms with Crippen molar-refractivity contribution in [2.75, 3.05) is 21.2 Å². The molecule has 3 aliphatic heterocycles. The van der Waals surface area contributed by atoms with Gasteiger partial charge >= 0.3 is 5.97 Å². The highest BCUT2D eigenvalue weighted by Crippen LogP contribution is 2.40. The maximum absolute atomic E-state index is 14.1. The number of carbonyl (C=O) groups is 3. The van der Waals surface area contributed by atoms with E-state index in [1.807, 2.05) is 25.9 Å². The van der Waals surface area contributed by atoms with Crippen molar-refractivity contribution in [3.05, 3.63) is 0 Å². The number of Topliss-reactive ketones (excluding diaryl/α,β-unsaturated/α-hetero) is 2. The standard InChI is InChI=1S/C37H65NO13/c1-14-25-37(10,45)30(41)20(4)27(39)18(2)16-35(8,44)32(51-34-28(40)24(38(11)12)15-19(3)47-34)21(5)29(22(6)33(43)49-25)50-26-17-36(9,46-13)31(42)23(7)48-26/h18-26,28-30,32,34,40-41,44-45H,14-17H2,1-13H3/t18-,19-,20+,21+,22-,23+,24+,25-,26+,28-,29+,30-,32-,34+,35-,36-,37-/m1/s1. The third-order valence-electron chi connectivity index (χ3n) is 11.6. The molecule has 0 aromatic rings. The van der Waals surface area contributed by atoms with Crippen LogP contribution in [0.5, 0.6) is 0 Å². The molecular weight excluding hydrogens is 666 g/mol. The van der Waals surface area contributed by atoms with Gasteiger partial charge in [0, 0.05) is 37.3 Å². The van der Waals surface area contributed by atoms with E-state index < -0.39 is 101 Å². The van der Waals surface area contributed by atoms with Crippen LogP contribution in [0.15, 0.2) is 0 Å². The number of methoxy groups -OCH3 is 1. The van der Waals surface area contributed by atoms with Crippen molar-refractivity contribution < 1.29 is 63.2 Å². The Balaban J connectivity index is 2.19. The van der Waals surface area contributed by atoms with E-state index in [9.17, 15) is 34.8 Å². The van der Waals surface area contributed by atoms with E-state index in [0.29, 0.717) is 6.42 Å². The van der Waals surface area contributed by atoms with E-state index >= 15 is 0 Å². The number of aliphatic hydroxyl groups excluding tert-OH is 2. The topological polar surface area (TPSA) is 191 Å². The zero-order valence-electron chi connectivity index (χ0n) is 32.8. The zero-order chi connectivity index (χ0) is 39.0. The molecule has 0 aliphatic carbocycles. The molecule has 0 radical (unpaired) electrons. The fraction of sp³-hybridized carbons (Fsp3) is 0.919. The van der Waals surface area contributed by atoms with Crippen LogP contribution in [-0.2, 0) is 42.8 Å². The van der Waals surface area contributed by atoms with Crippen LogP contribution in [0.4, 0.5) is 0 Å². The van der Waals surface area contributed by atoms with E-state index in [-0.39, 0.29) is 37.2 Å². The Labute approximate surface area is 303 Å². The minimum Gasteiger partial charge on any atom is -0.459 e. The summed E-state index contributed by atoms with van der Waals surface area (Å²) in [5.74, 6) is -5.33. The van der Waals surface area contributed by atoms with Gasteiger partial charge in [0.1, 0.15) is 35.3 Å². The van der Waals surface area contributed by atoms with Crippen molar-refractivity contribution in [1.82, 2.24) is 4.90 Å². The van der Waals surface area contributed by atoms with Gasteiger partial charge in [-0.2, -0.15) is 0 Å². The highest BCUT2D eigenvalue weighted by molar-refractivity contribution is 5.91. The fourth-order valence-corrected chi connectivity index (χ4v) is 8.27. The largest absolute Gasteiger partial charge is 0.459 e. The van der Waals surface area contributed by atoms with Gasteiger partial charge < -0.3 is 53.7 Å². The number of nitrogens with zero attached hydrogens (tertiary/aromatic N) is 1. The second-order valence-corrected chi connectivity index (χ2v) is 16.2. The Kier molecular flexibility index (Phi) is 14.5. The molecule has 51 heavy (non-hydrogen) atoms. The zero-order valence-corrected chi connectivity index (χ0v) is 32.8. The fourth-order valence-electron chi connectivity index (χ4n) is 8.27. The summed E-state index contributed by atoms with van der Waals surface area (Å²) >= 11 is 0. The monoisotopic (exact) mass is 731 g/mol. The maximum Gasteiger partial charge on any atom is 0.311 e. The number of carbonyl (C=O) groups excluding carboxylic acids is 3. The number of rotatable bonds is 7. The molecule has 3 saturated heterocycles. The molecular formula is C37H65NO13. The summed E-state index contributed by atoms with van der Waals surface area (Å²) in [5, 5.41) is 46.7. The van der Waals surface area contributed by atoms with Crippen LogP contribution in [-0.4, -0.2) is 142 Å². The van der Waals surface area contributed by atoms with Crippen molar-refractivity contribution in [2.45, 2.75) is 173 Å². The summed E-state index contributed by atoms with van der Waals surface area (Å²) in [6, 6.07) is -0.332. The van der Waals surface area contributed by atoms with Crippen LogP contribution >= 0.6 is 0 Å². The lowest BCUT2D eigenvalue weighted by Crippen LogP contribution is -2.61. The normalized spacial score (nSPS) is 48.3. The molecule has 14 heteroatoms. The van der Waals surface area contributed by atoms with Crippen LogP contribution < -0.4 is 0 Å². The van der Waals surface area contributed by atoms with Crippen molar-refractivity contribution >= 4 is 17.5 Å². The number of likely N-dealkylation sites (N-methyl/N-ethyl adjacent to an activating group) is 1. The second kappa shape index (κ2) is 16.8. The quantitative estimate of drug-likeness (QED) is 0.278. The van der Waals surface area contributed by atoms with Crippen LogP contribution in [0.2, 0.25) is 0 Å². The van der Waals surface area contributed by atoms with E-state index in [1.165, 1.54) is 27.9 Å². The maximum atomic E-state index is 14.1. The average Bonchev–Trinajstić information content (AvgIpc) is 3.05. The molecule has 4 N–H and O–H groups in total. The Morgan fingerprint density at radius 2 is 1.51 bits per heavy atom. The number of hydrogen-bond donors (Lipinski definition) is 4. The van der Waals surface area contributed by atoms with Crippen molar-refractivity contribution in [1.29, 1.82) is 0 Å². The molecule has 296 valence electrons. The number of ketones is 2. The van der Waals surface area contributed by atoms with Crippen LogP contribution in [0.3, 0.4) is 0 Å². The first-order chi connectivity index (χ1) is 23.4. The molecule has 14 nitrogen and oxygen atoms in total.